The third-order valence-electron chi connectivity index (χ3n) is 2.99. The van der Waals surface area contributed by atoms with Gasteiger partial charge in [0.05, 0.1) is 24.2 Å². The highest BCUT2D eigenvalue weighted by Crippen LogP contribution is 2.20. The molecule has 3 rings (SSSR count). The number of ether oxygens (including phenoxy) is 1. The number of Topliss-reactive ketones (excluding diaryl/α,β-unsaturated/α-hetero) is 1. The molecule has 2 aromatic heterocycles. The minimum Gasteiger partial charge on any atom is -0.497 e. The zero-order valence-electron chi connectivity index (χ0n) is 11.8. The molecule has 0 saturated heterocycles. The predicted octanol–water partition coefficient (Wildman–Crippen LogP) is 1.97. The summed E-state index contributed by atoms with van der Waals surface area (Å²) in [5, 5.41) is 12.2. The fraction of sp³-hybridized carbons (Fsp3) is 0.143. The van der Waals surface area contributed by atoms with Crippen LogP contribution in [0.15, 0.2) is 47.8 Å². The van der Waals surface area contributed by atoms with Crippen LogP contribution in [-0.4, -0.2) is 43.8 Å². The van der Waals surface area contributed by atoms with Crippen LogP contribution in [0.5, 0.6) is 5.75 Å². The Bertz CT molecular complexity index is 752. The molecule has 1 N–H and O–H groups in total. The van der Waals surface area contributed by atoms with Crippen molar-refractivity contribution in [2.75, 3.05) is 12.9 Å². The van der Waals surface area contributed by atoms with E-state index in [1.807, 2.05) is 24.3 Å². The molecular weight excluding hydrogens is 302 g/mol. The fourth-order valence-electron chi connectivity index (χ4n) is 1.87. The number of ketones is 1. The van der Waals surface area contributed by atoms with Crippen LogP contribution in [0.3, 0.4) is 0 Å². The molecule has 22 heavy (non-hydrogen) atoms. The smallest absolute Gasteiger partial charge is 0.214 e. The largest absolute Gasteiger partial charge is 0.497 e. The number of carbonyl (C=O) groups is 1. The van der Waals surface area contributed by atoms with Crippen molar-refractivity contribution in [1.29, 1.82) is 0 Å². The number of methoxy groups -OCH3 is 1. The van der Waals surface area contributed by atoms with E-state index < -0.39 is 0 Å². The number of nitrogens with one attached hydrogen (secondary N) is 1. The molecule has 0 amide bonds. The number of hydrogen-bond donors (Lipinski definition) is 1. The summed E-state index contributed by atoms with van der Waals surface area (Å²) in [6.07, 6.45) is 1.72. The first kappa shape index (κ1) is 14.3. The summed E-state index contributed by atoms with van der Waals surface area (Å²) in [6.45, 7) is 0. The number of rotatable bonds is 6. The SMILES string of the molecule is COc1ccc(-n2nnnc2SCC(=O)c2ccc[nH]2)cc1. The highest BCUT2D eigenvalue weighted by atomic mass is 32.2. The first-order chi connectivity index (χ1) is 10.8. The molecule has 0 spiro atoms. The summed E-state index contributed by atoms with van der Waals surface area (Å²) in [5.41, 5.74) is 1.39. The van der Waals surface area contributed by atoms with Crippen molar-refractivity contribution < 1.29 is 9.53 Å². The van der Waals surface area contributed by atoms with Crippen molar-refractivity contribution in [2.45, 2.75) is 5.16 Å². The molecule has 0 bridgehead atoms. The Morgan fingerprint density at radius 1 is 1.32 bits per heavy atom. The normalized spacial score (nSPS) is 10.6. The van der Waals surface area contributed by atoms with Gasteiger partial charge in [0.1, 0.15) is 5.75 Å². The van der Waals surface area contributed by atoms with Crippen LogP contribution in [0.1, 0.15) is 10.5 Å². The third kappa shape index (κ3) is 3.01. The quantitative estimate of drug-likeness (QED) is 0.553. The lowest BCUT2D eigenvalue weighted by molar-refractivity contribution is 0.101. The number of hydrogen-bond acceptors (Lipinski definition) is 6. The Morgan fingerprint density at radius 3 is 2.82 bits per heavy atom. The molecule has 8 heteroatoms. The summed E-state index contributed by atoms with van der Waals surface area (Å²) >= 11 is 1.29. The number of thioether (sulfide) groups is 1. The second kappa shape index (κ2) is 6.44. The van der Waals surface area contributed by atoms with Crippen LogP contribution in [0.4, 0.5) is 0 Å². The number of H-pyrrole nitrogens is 1. The third-order valence-corrected chi connectivity index (χ3v) is 3.91. The Balaban J connectivity index is 1.73. The maximum Gasteiger partial charge on any atom is 0.214 e. The monoisotopic (exact) mass is 315 g/mol. The Kier molecular flexibility index (Phi) is 4.19. The minimum absolute atomic E-state index is 0.000666. The van der Waals surface area contributed by atoms with Gasteiger partial charge in [-0.3, -0.25) is 4.79 Å². The summed E-state index contributed by atoms with van der Waals surface area (Å²) < 4.78 is 6.71. The van der Waals surface area contributed by atoms with Crippen LogP contribution in [0.25, 0.3) is 5.69 Å². The van der Waals surface area contributed by atoms with Gasteiger partial charge >= 0.3 is 0 Å². The van der Waals surface area contributed by atoms with Gasteiger partial charge in [-0.25, -0.2) is 0 Å². The van der Waals surface area contributed by atoms with E-state index in [1.165, 1.54) is 11.8 Å². The number of benzene rings is 1. The van der Waals surface area contributed by atoms with Crippen LogP contribution < -0.4 is 4.74 Å². The Labute approximate surface area is 130 Å². The first-order valence-corrected chi connectivity index (χ1v) is 7.48. The fourth-order valence-corrected chi connectivity index (χ4v) is 2.64. The molecule has 0 aliphatic rings. The molecule has 2 heterocycles. The van der Waals surface area contributed by atoms with E-state index in [0.29, 0.717) is 10.9 Å². The molecule has 112 valence electrons. The number of aromatic amines is 1. The second-order valence-electron chi connectivity index (χ2n) is 4.37. The molecular formula is C14H13N5O2S. The van der Waals surface area contributed by atoms with Crippen molar-refractivity contribution in [3.8, 4) is 11.4 Å². The molecule has 0 fully saturated rings. The van der Waals surface area contributed by atoms with E-state index in [4.69, 9.17) is 4.74 Å². The van der Waals surface area contributed by atoms with E-state index in [-0.39, 0.29) is 11.5 Å². The average Bonchev–Trinajstić information content (AvgIpc) is 3.24. The highest BCUT2D eigenvalue weighted by Gasteiger charge is 2.13. The van der Waals surface area contributed by atoms with E-state index in [0.717, 1.165) is 11.4 Å². The van der Waals surface area contributed by atoms with Crippen LogP contribution in [0.2, 0.25) is 0 Å². The Morgan fingerprint density at radius 2 is 2.14 bits per heavy atom. The maximum atomic E-state index is 12.0. The van der Waals surface area contributed by atoms with Gasteiger partial charge in [-0.15, -0.1) is 5.10 Å². The van der Waals surface area contributed by atoms with E-state index in [2.05, 4.69) is 20.5 Å². The lowest BCUT2D eigenvalue weighted by atomic mass is 10.3. The number of nitrogens with zero attached hydrogens (tertiary/aromatic N) is 4. The van der Waals surface area contributed by atoms with Gasteiger partial charge in [0.15, 0.2) is 5.78 Å². The van der Waals surface area contributed by atoms with E-state index >= 15 is 0 Å². The molecule has 0 atom stereocenters. The van der Waals surface area contributed by atoms with Crippen molar-refractivity contribution in [2.24, 2.45) is 0 Å². The summed E-state index contributed by atoms with van der Waals surface area (Å²) in [6, 6.07) is 10.9. The molecule has 1 aromatic carbocycles. The maximum absolute atomic E-state index is 12.0. The first-order valence-electron chi connectivity index (χ1n) is 6.50. The molecule has 0 aliphatic carbocycles. The van der Waals surface area contributed by atoms with Crippen molar-refractivity contribution >= 4 is 17.5 Å². The van der Waals surface area contributed by atoms with Crippen molar-refractivity contribution in [3.63, 3.8) is 0 Å². The highest BCUT2D eigenvalue weighted by molar-refractivity contribution is 7.99. The lowest BCUT2D eigenvalue weighted by Gasteiger charge is -2.05. The zero-order chi connectivity index (χ0) is 15.4. The molecule has 0 aliphatic heterocycles. The zero-order valence-corrected chi connectivity index (χ0v) is 12.6. The number of carbonyl (C=O) groups excluding carboxylic acids is 1. The molecule has 0 saturated carbocycles. The molecule has 0 unspecified atom stereocenters. The average molecular weight is 315 g/mol. The molecule has 3 aromatic rings. The van der Waals surface area contributed by atoms with E-state index in [1.54, 1.807) is 30.1 Å². The predicted molar refractivity (Wildman–Crippen MR) is 81.6 cm³/mol. The van der Waals surface area contributed by atoms with Crippen molar-refractivity contribution in [3.05, 3.63) is 48.3 Å². The molecule has 7 nitrogen and oxygen atoms in total. The van der Waals surface area contributed by atoms with Gasteiger partial charge < -0.3 is 9.72 Å². The van der Waals surface area contributed by atoms with Gasteiger partial charge in [-0.1, -0.05) is 11.8 Å². The minimum atomic E-state index is -0.000666. The molecule has 0 radical (unpaired) electrons. The second-order valence-corrected chi connectivity index (χ2v) is 5.31. The van der Waals surface area contributed by atoms with Crippen LogP contribution >= 0.6 is 11.8 Å². The number of tetrazole rings is 1. The van der Waals surface area contributed by atoms with Gasteiger partial charge in [-0.2, -0.15) is 4.68 Å². The Hall–Kier alpha value is -2.61. The summed E-state index contributed by atoms with van der Waals surface area (Å²) in [7, 11) is 1.61. The van der Waals surface area contributed by atoms with Gasteiger partial charge in [0.2, 0.25) is 5.16 Å². The number of aromatic nitrogens is 5. The van der Waals surface area contributed by atoms with Gasteiger partial charge in [0.25, 0.3) is 0 Å². The standard InChI is InChI=1S/C14H13N5O2S/c1-21-11-6-4-10(5-7-11)19-14(16-17-18-19)22-9-13(20)12-3-2-8-15-12/h2-8,15H,9H2,1H3. The topological polar surface area (TPSA) is 85.7 Å². The van der Waals surface area contributed by atoms with Crippen LogP contribution in [0, 0.1) is 0 Å². The summed E-state index contributed by atoms with van der Waals surface area (Å²) in [5.74, 6) is 1.02. The lowest BCUT2D eigenvalue weighted by Crippen LogP contribution is -2.05. The van der Waals surface area contributed by atoms with E-state index in [9.17, 15) is 4.79 Å². The van der Waals surface area contributed by atoms with Gasteiger partial charge in [0, 0.05) is 6.20 Å². The van der Waals surface area contributed by atoms with Crippen LogP contribution in [-0.2, 0) is 0 Å². The summed E-state index contributed by atoms with van der Waals surface area (Å²) in [4.78, 5) is 14.9. The van der Waals surface area contributed by atoms with Crippen molar-refractivity contribution in [1.82, 2.24) is 25.2 Å². The van der Waals surface area contributed by atoms with Gasteiger partial charge in [-0.05, 0) is 46.8 Å².